The van der Waals surface area contributed by atoms with Crippen LogP contribution in [0.3, 0.4) is 0 Å². The van der Waals surface area contributed by atoms with Crippen LogP contribution in [0.4, 0.5) is 0 Å². The number of hydrogen-bond acceptors (Lipinski definition) is 3. The first-order valence-electron chi connectivity index (χ1n) is 5.68. The van der Waals surface area contributed by atoms with Gasteiger partial charge in [-0.3, -0.25) is 4.79 Å². The highest BCUT2D eigenvalue weighted by Crippen LogP contribution is 2.33. The summed E-state index contributed by atoms with van der Waals surface area (Å²) in [5.41, 5.74) is 5.77. The molecule has 0 radical (unpaired) electrons. The zero-order chi connectivity index (χ0) is 11.3. The molecule has 0 spiro atoms. The number of nitrogens with two attached hydrogens (primary N) is 1. The van der Waals surface area contributed by atoms with Gasteiger partial charge in [-0.15, -0.1) is 0 Å². The highest BCUT2D eigenvalue weighted by molar-refractivity contribution is 7.98. The molecule has 2 atom stereocenters. The van der Waals surface area contributed by atoms with Gasteiger partial charge in [-0.25, -0.2) is 0 Å². The standard InChI is InChI=1S/C11H22N2OS/c1-8(7-9-3-4-9)13-11(14)10(12)5-6-15-2/h8-10H,3-7,12H2,1-2H3,(H,13,14)/t8?,10-/m0/s1. The normalized spacial score (nSPS) is 19.7. The van der Waals surface area contributed by atoms with Crippen LogP contribution in [-0.2, 0) is 4.79 Å². The molecule has 1 aliphatic carbocycles. The zero-order valence-corrected chi connectivity index (χ0v) is 10.5. The lowest BCUT2D eigenvalue weighted by molar-refractivity contribution is -0.123. The lowest BCUT2D eigenvalue weighted by Gasteiger charge is -2.17. The molecule has 15 heavy (non-hydrogen) atoms. The molecule has 0 aliphatic heterocycles. The largest absolute Gasteiger partial charge is 0.352 e. The smallest absolute Gasteiger partial charge is 0.237 e. The van der Waals surface area contributed by atoms with Crippen LogP contribution in [-0.4, -0.2) is 30.0 Å². The average molecular weight is 230 g/mol. The van der Waals surface area contributed by atoms with Crippen molar-refractivity contribution in [1.82, 2.24) is 5.32 Å². The number of thioether (sulfide) groups is 1. The van der Waals surface area contributed by atoms with Crippen molar-refractivity contribution >= 4 is 17.7 Å². The van der Waals surface area contributed by atoms with Gasteiger partial charge >= 0.3 is 0 Å². The molecule has 0 aromatic heterocycles. The van der Waals surface area contributed by atoms with Gasteiger partial charge in [0.05, 0.1) is 6.04 Å². The third-order valence-electron chi connectivity index (χ3n) is 2.74. The average Bonchev–Trinajstić information content (AvgIpc) is 2.97. The molecule has 1 fully saturated rings. The monoisotopic (exact) mass is 230 g/mol. The predicted molar refractivity (Wildman–Crippen MR) is 65.9 cm³/mol. The number of nitrogens with one attached hydrogen (secondary N) is 1. The van der Waals surface area contributed by atoms with Gasteiger partial charge in [-0.05, 0) is 37.7 Å². The van der Waals surface area contributed by atoms with Crippen molar-refractivity contribution in [2.24, 2.45) is 11.7 Å². The molecule has 4 heteroatoms. The Morgan fingerprint density at radius 1 is 1.60 bits per heavy atom. The summed E-state index contributed by atoms with van der Waals surface area (Å²) >= 11 is 1.73. The molecule has 1 aliphatic rings. The summed E-state index contributed by atoms with van der Waals surface area (Å²) in [6, 6.07) is -0.0515. The van der Waals surface area contributed by atoms with Gasteiger partial charge in [0.1, 0.15) is 0 Å². The van der Waals surface area contributed by atoms with E-state index in [9.17, 15) is 4.79 Å². The Labute approximate surface area is 96.6 Å². The van der Waals surface area contributed by atoms with E-state index >= 15 is 0 Å². The molecule has 0 heterocycles. The maximum Gasteiger partial charge on any atom is 0.237 e. The third kappa shape index (κ3) is 5.42. The minimum Gasteiger partial charge on any atom is -0.352 e. The van der Waals surface area contributed by atoms with E-state index in [4.69, 9.17) is 5.73 Å². The van der Waals surface area contributed by atoms with Crippen molar-refractivity contribution < 1.29 is 4.79 Å². The summed E-state index contributed by atoms with van der Waals surface area (Å²) in [5.74, 6) is 1.81. The summed E-state index contributed by atoms with van der Waals surface area (Å²) in [6.45, 7) is 2.07. The minimum absolute atomic E-state index is 0.0113. The Morgan fingerprint density at radius 3 is 2.80 bits per heavy atom. The Hall–Kier alpha value is -0.220. The first-order valence-corrected chi connectivity index (χ1v) is 7.07. The second kappa shape index (κ2) is 6.38. The van der Waals surface area contributed by atoms with Crippen molar-refractivity contribution in [2.75, 3.05) is 12.0 Å². The fourth-order valence-electron chi connectivity index (χ4n) is 1.64. The van der Waals surface area contributed by atoms with Gasteiger partial charge in [-0.1, -0.05) is 12.8 Å². The van der Waals surface area contributed by atoms with Crippen LogP contribution in [0.25, 0.3) is 0 Å². The third-order valence-corrected chi connectivity index (χ3v) is 3.39. The molecule has 1 saturated carbocycles. The summed E-state index contributed by atoms with van der Waals surface area (Å²) in [6.07, 6.45) is 6.57. The Morgan fingerprint density at radius 2 is 2.27 bits per heavy atom. The first kappa shape index (κ1) is 12.8. The molecule has 1 rings (SSSR count). The van der Waals surface area contributed by atoms with Crippen molar-refractivity contribution in [3.63, 3.8) is 0 Å². The summed E-state index contributed by atoms with van der Waals surface area (Å²) < 4.78 is 0. The SMILES string of the molecule is CSCC[C@H](N)C(=O)NC(C)CC1CC1. The maximum atomic E-state index is 11.6. The van der Waals surface area contributed by atoms with Crippen molar-refractivity contribution in [1.29, 1.82) is 0 Å². The molecule has 0 bridgehead atoms. The van der Waals surface area contributed by atoms with Crippen molar-refractivity contribution in [2.45, 2.75) is 44.7 Å². The van der Waals surface area contributed by atoms with Crippen molar-refractivity contribution in [3.05, 3.63) is 0 Å². The van der Waals surface area contributed by atoms with Crippen LogP contribution >= 0.6 is 11.8 Å². The van der Waals surface area contributed by atoms with E-state index in [2.05, 4.69) is 12.2 Å². The Kier molecular flexibility index (Phi) is 5.47. The fourth-order valence-corrected chi connectivity index (χ4v) is 2.13. The number of carbonyl (C=O) groups excluding carboxylic acids is 1. The van der Waals surface area contributed by atoms with E-state index < -0.39 is 0 Å². The highest BCUT2D eigenvalue weighted by Gasteiger charge is 2.25. The van der Waals surface area contributed by atoms with Gasteiger partial charge in [0.25, 0.3) is 0 Å². The molecular weight excluding hydrogens is 208 g/mol. The van der Waals surface area contributed by atoms with Crippen LogP contribution in [0.2, 0.25) is 0 Å². The van der Waals surface area contributed by atoms with Crippen LogP contribution < -0.4 is 11.1 Å². The molecule has 3 N–H and O–H groups in total. The molecule has 1 amide bonds. The first-order chi connectivity index (χ1) is 7.13. The molecule has 88 valence electrons. The molecule has 1 unspecified atom stereocenters. The fraction of sp³-hybridized carbons (Fsp3) is 0.909. The predicted octanol–water partition coefficient (Wildman–Crippen LogP) is 1.37. The molecule has 0 aromatic rings. The maximum absolute atomic E-state index is 11.6. The Bertz CT molecular complexity index is 207. The van der Waals surface area contributed by atoms with E-state index in [1.165, 1.54) is 12.8 Å². The zero-order valence-electron chi connectivity index (χ0n) is 9.66. The van der Waals surface area contributed by atoms with E-state index in [0.717, 1.165) is 24.5 Å². The number of carbonyl (C=O) groups is 1. The second-order valence-electron chi connectivity index (χ2n) is 4.48. The quantitative estimate of drug-likeness (QED) is 0.694. The summed E-state index contributed by atoms with van der Waals surface area (Å²) in [4.78, 5) is 11.6. The topological polar surface area (TPSA) is 55.1 Å². The lowest BCUT2D eigenvalue weighted by Crippen LogP contribution is -2.44. The molecular formula is C11H22N2OS. The molecule has 0 saturated heterocycles. The second-order valence-corrected chi connectivity index (χ2v) is 5.46. The van der Waals surface area contributed by atoms with Crippen LogP contribution in [0.1, 0.15) is 32.6 Å². The minimum atomic E-state index is -0.334. The van der Waals surface area contributed by atoms with Crippen LogP contribution in [0.15, 0.2) is 0 Å². The summed E-state index contributed by atoms with van der Waals surface area (Å²) in [7, 11) is 0. The number of rotatable bonds is 7. The number of amides is 1. The van der Waals surface area contributed by atoms with Gasteiger partial charge in [0, 0.05) is 6.04 Å². The summed E-state index contributed by atoms with van der Waals surface area (Å²) in [5, 5.41) is 2.99. The van der Waals surface area contributed by atoms with Gasteiger partial charge < -0.3 is 11.1 Å². The Balaban J connectivity index is 2.14. The van der Waals surface area contributed by atoms with Crippen LogP contribution in [0.5, 0.6) is 0 Å². The van der Waals surface area contributed by atoms with E-state index in [-0.39, 0.29) is 18.0 Å². The molecule has 3 nitrogen and oxygen atoms in total. The lowest BCUT2D eigenvalue weighted by atomic mass is 10.1. The van der Waals surface area contributed by atoms with Gasteiger partial charge in [0.2, 0.25) is 5.91 Å². The number of hydrogen-bond donors (Lipinski definition) is 2. The van der Waals surface area contributed by atoms with E-state index in [0.29, 0.717) is 0 Å². The van der Waals surface area contributed by atoms with Crippen LogP contribution in [0, 0.1) is 5.92 Å². The molecule has 0 aromatic carbocycles. The van der Waals surface area contributed by atoms with Gasteiger partial charge in [0.15, 0.2) is 0 Å². The van der Waals surface area contributed by atoms with Crippen molar-refractivity contribution in [3.8, 4) is 0 Å². The highest BCUT2D eigenvalue weighted by atomic mass is 32.2. The van der Waals surface area contributed by atoms with Gasteiger partial charge in [-0.2, -0.15) is 11.8 Å². The van der Waals surface area contributed by atoms with E-state index in [1.807, 2.05) is 6.26 Å². The van der Waals surface area contributed by atoms with E-state index in [1.54, 1.807) is 11.8 Å².